The molecule has 1 aliphatic heterocycles. The number of benzene rings is 1. The number of alkyl halides is 3. The lowest BCUT2D eigenvalue weighted by Crippen LogP contribution is -2.39. The number of piperidine rings is 1. The van der Waals surface area contributed by atoms with Crippen molar-refractivity contribution in [2.24, 2.45) is 0 Å². The zero-order valence-corrected chi connectivity index (χ0v) is 19.2. The van der Waals surface area contributed by atoms with Crippen LogP contribution in [0.5, 0.6) is 0 Å². The number of hydrogen-bond acceptors (Lipinski definition) is 4. The molecule has 3 heterocycles. The highest BCUT2D eigenvalue weighted by atomic mass is 32.1. The van der Waals surface area contributed by atoms with Crippen LogP contribution < -0.4 is 0 Å². The minimum absolute atomic E-state index is 0.188. The molecule has 0 unspecified atom stereocenters. The summed E-state index contributed by atoms with van der Waals surface area (Å²) < 4.78 is 40.0. The van der Waals surface area contributed by atoms with E-state index in [0.29, 0.717) is 16.6 Å². The molecule has 0 aliphatic carbocycles. The van der Waals surface area contributed by atoms with Gasteiger partial charge in [0.1, 0.15) is 0 Å². The molecule has 4 rings (SSSR count). The molecule has 32 heavy (non-hydrogen) atoms. The fraction of sp³-hybridized carbons (Fsp3) is 0.348. The van der Waals surface area contributed by atoms with Crippen molar-refractivity contribution in [3.63, 3.8) is 0 Å². The third kappa shape index (κ3) is 5.45. The number of rotatable bonds is 5. The van der Waals surface area contributed by atoms with Crippen molar-refractivity contribution < 1.29 is 13.2 Å². The first-order valence-corrected chi connectivity index (χ1v) is 11.7. The SMILES string of the molecule is Cc1cc(C(F)(F)F)nn1CC(=S)N1CCC(c2nc(/C=C/c3ccccc3)cs2)CC1. The summed E-state index contributed by atoms with van der Waals surface area (Å²) in [7, 11) is 0. The van der Waals surface area contributed by atoms with Crippen molar-refractivity contribution in [2.75, 3.05) is 13.1 Å². The Labute approximate surface area is 194 Å². The molecule has 2 aromatic heterocycles. The molecule has 0 N–H and O–H groups in total. The van der Waals surface area contributed by atoms with E-state index in [9.17, 15) is 13.2 Å². The maximum Gasteiger partial charge on any atom is 0.435 e. The summed E-state index contributed by atoms with van der Waals surface area (Å²) in [5.41, 5.74) is 1.67. The number of likely N-dealkylation sites (tertiary alicyclic amines) is 1. The van der Waals surface area contributed by atoms with E-state index >= 15 is 0 Å². The fourth-order valence-corrected chi connectivity index (χ4v) is 4.99. The summed E-state index contributed by atoms with van der Waals surface area (Å²) in [6, 6.07) is 11.2. The standard InChI is InChI=1S/C23H23F3N4S2/c1-16-13-20(23(24,25)26)28-30(16)14-21(31)29-11-9-18(10-12-29)22-27-19(15-32-22)8-7-17-5-3-2-4-6-17/h2-8,13,15,18H,9-12,14H2,1H3/b8-7+. The largest absolute Gasteiger partial charge is 0.435 e. The van der Waals surface area contributed by atoms with Gasteiger partial charge in [0.15, 0.2) is 5.69 Å². The van der Waals surface area contributed by atoms with Gasteiger partial charge in [-0.3, -0.25) is 4.68 Å². The van der Waals surface area contributed by atoms with E-state index < -0.39 is 11.9 Å². The molecule has 0 radical (unpaired) electrons. The van der Waals surface area contributed by atoms with Gasteiger partial charge in [-0.1, -0.05) is 48.6 Å². The molecule has 0 saturated carbocycles. The van der Waals surface area contributed by atoms with E-state index in [1.54, 1.807) is 18.3 Å². The molecule has 0 amide bonds. The Kier molecular flexibility index (Phi) is 6.76. The summed E-state index contributed by atoms with van der Waals surface area (Å²) in [6.07, 6.45) is 1.48. The minimum atomic E-state index is -4.45. The first-order valence-electron chi connectivity index (χ1n) is 10.4. The molecule has 3 aromatic rings. The number of nitrogens with zero attached hydrogens (tertiary/aromatic N) is 4. The molecule has 1 saturated heterocycles. The monoisotopic (exact) mass is 476 g/mol. The molecule has 168 valence electrons. The topological polar surface area (TPSA) is 34.0 Å². The van der Waals surface area contributed by atoms with Gasteiger partial charge in [0.25, 0.3) is 0 Å². The van der Waals surface area contributed by atoms with Crippen LogP contribution in [-0.2, 0) is 12.7 Å². The van der Waals surface area contributed by atoms with E-state index in [1.165, 1.54) is 4.68 Å². The van der Waals surface area contributed by atoms with Gasteiger partial charge in [0.2, 0.25) is 0 Å². The Balaban J connectivity index is 1.32. The third-order valence-corrected chi connectivity index (χ3v) is 6.95. The van der Waals surface area contributed by atoms with E-state index in [1.807, 2.05) is 24.3 Å². The van der Waals surface area contributed by atoms with Crippen molar-refractivity contribution in [1.82, 2.24) is 19.7 Å². The number of halogens is 3. The average Bonchev–Trinajstić information content (AvgIpc) is 3.40. The van der Waals surface area contributed by atoms with Gasteiger partial charge < -0.3 is 4.90 Å². The summed E-state index contributed by atoms with van der Waals surface area (Å²) in [4.78, 5) is 7.48. The second kappa shape index (κ2) is 9.54. The van der Waals surface area contributed by atoms with Crippen LogP contribution in [0.4, 0.5) is 13.2 Å². The number of aryl methyl sites for hydroxylation is 1. The normalized spacial score (nSPS) is 15.6. The Morgan fingerprint density at radius 3 is 2.56 bits per heavy atom. The maximum absolute atomic E-state index is 12.9. The molecule has 0 atom stereocenters. The van der Waals surface area contributed by atoms with Crippen LogP contribution in [0.25, 0.3) is 12.2 Å². The van der Waals surface area contributed by atoms with Crippen LogP contribution in [0.1, 0.15) is 46.4 Å². The predicted molar refractivity (Wildman–Crippen MR) is 126 cm³/mol. The van der Waals surface area contributed by atoms with E-state index in [0.717, 1.165) is 48.3 Å². The van der Waals surface area contributed by atoms with Crippen molar-refractivity contribution in [2.45, 2.75) is 38.4 Å². The van der Waals surface area contributed by atoms with Crippen molar-refractivity contribution >= 4 is 40.7 Å². The minimum Gasteiger partial charge on any atom is -0.365 e. The molecule has 4 nitrogen and oxygen atoms in total. The summed E-state index contributed by atoms with van der Waals surface area (Å²) in [6.45, 7) is 3.34. The molecule has 0 bridgehead atoms. The second-order valence-electron chi connectivity index (χ2n) is 7.84. The van der Waals surface area contributed by atoms with Gasteiger partial charge in [0, 0.05) is 30.1 Å². The molecule has 9 heteroatoms. The summed E-state index contributed by atoms with van der Waals surface area (Å²) >= 11 is 7.20. The zero-order chi connectivity index (χ0) is 22.7. The highest BCUT2D eigenvalue weighted by Crippen LogP contribution is 2.31. The number of thiocarbonyl (C=S) groups is 1. The van der Waals surface area contributed by atoms with Crippen LogP contribution in [0.3, 0.4) is 0 Å². The highest BCUT2D eigenvalue weighted by molar-refractivity contribution is 7.80. The summed E-state index contributed by atoms with van der Waals surface area (Å²) in [5.74, 6) is 0.376. The van der Waals surface area contributed by atoms with Crippen LogP contribution in [0, 0.1) is 6.92 Å². The maximum atomic E-state index is 12.9. The number of thiazole rings is 1. The quantitative estimate of drug-likeness (QED) is 0.420. The lowest BCUT2D eigenvalue weighted by Gasteiger charge is -2.33. The average molecular weight is 477 g/mol. The second-order valence-corrected chi connectivity index (χ2v) is 9.20. The molecule has 1 aromatic carbocycles. The Bertz CT molecular complexity index is 1090. The fourth-order valence-electron chi connectivity index (χ4n) is 3.72. The lowest BCUT2D eigenvalue weighted by molar-refractivity contribution is -0.141. The Hall–Kier alpha value is -2.52. The predicted octanol–water partition coefficient (Wildman–Crippen LogP) is 6.04. The van der Waals surface area contributed by atoms with Crippen LogP contribution in [0.15, 0.2) is 41.8 Å². The van der Waals surface area contributed by atoms with Gasteiger partial charge >= 0.3 is 6.18 Å². The van der Waals surface area contributed by atoms with Crippen molar-refractivity contribution in [1.29, 1.82) is 0 Å². The first kappa shape index (κ1) is 22.7. The third-order valence-electron chi connectivity index (χ3n) is 5.54. The van der Waals surface area contributed by atoms with E-state index in [-0.39, 0.29) is 6.54 Å². The Morgan fingerprint density at radius 2 is 1.91 bits per heavy atom. The van der Waals surface area contributed by atoms with Gasteiger partial charge in [-0.2, -0.15) is 18.3 Å². The molecular weight excluding hydrogens is 453 g/mol. The molecule has 0 spiro atoms. The summed E-state index contributed by atoms with van der Waals surface area (Å²) in [5, 5.41) is 6.88. The smallest absolute Gasteiger partial charge is 0.365 e. The molecular formula is C23H23F3N4S2. The van der Waals surface area contributed by atoms with E-state index in [2.05, 4.69) is 33.6 Å². The molecule has 1 aliphatic rings. The van der Waals surface area contributed by atoms with Crippen molar-refractivity contribution in [3.8, 4) is 0 Å². The highest BCUT2D eigenvalue weighted by Gasteiger charge is 2.34. The molecule has 1 fully saturated rings. The van der Waals surface area contributed by atoms with Gasteiger partial charge in [-0.15, -0.1) is 11.3 Å². The first-order chi connectivity index (χ1) is 15.3. The number of aromatic nitrogens is 3. The zero-order valence-electron chi connectivity index (χ0n) is 17.5. The van der Waals surface area contributed by atoms with Gasteiger partial charge in [-0.05, 0) is 37.5 Å². The van der Waals surface area contributed by atoms with Crippen LogP contribution in [0.2, 0.25) is 0 Å². The van der Waals surface area contributed by atoms with Crippen LogP contribution in [-0.4, -0.2) is 37.7 Å². The van der Waals surface area contributed by atoms with Gasteiger partial charge in [-0.25, -0.2) is 4.98 Å². The van der Waals surface area contributed by atoms with Crippen LogP contribution >= 0.6 is 23.6 Å². The Morgan fingerprint density at radius 1 is 1.19 bits per heavy atom. The number of hydrogen-bond donors (Lipinski definition) is 0. The van der Waals surface area contributed by atoms with Crippen molar-refractivity contribution in [3.05, 3.63) is 69.4 Å². The van der Waals surface area contributed by atoms with E-state index in [4.69, 9.17) is 17.2 Å². The van der Waals surface area contributed by atoms with Gasteiger partial charge in [0.05, 0.1) is 22.2 Å². The lowest BCUT2D eigenvalue weighted by atomic mass is 9.97.